The highest BCUT2D eigenvalue weighted by Crippen LogP contribution is 2.38. The van der Waals surface area contributed by atoms with Crippen molar-refractivity contribution in [2.45, 2.75) is 86.5 Å². The highest BCUT2D eigenvalue weighted by Gasteiger charge is 2.37. The highest BCUT2D eigenvalue weighted by atomic mass is 16.5. The molecule has 4 rings (SSSR count). The number of aryl methyl sites for hydroxylation is 1. The second-order valence-corrected chi connectivity index (χ2v) is 11.4. The number of amidine groups is 1. The maximum atomic E-state index is 13.5. The van der Waals surface area contributed by atoms with Crippen molar-refractivity contribution in [3.8, 4) is 5.75 Å². The number of aliphatic hydroxyl groups excluding tert-OH is 1. The first-order chi connectivity index (χ1) is 18.5. The number of hydrogen-bond donors (Lipinski definition) is 1. The van der Waals surface area contributed by atoms with Crippen molar-refractivity contribution >= 4 is 17.5 Å². The molecule has 1 fully saturated rings. The van der Waals surface area contributed by atoms with E-state index in [4.69, 9.17) is 24.8 Å². The molecule has 1 N–H and O–H groups in total. The molecule has 1 aromatic rings. The predicted molar refractivity (Wildman–Crippen MR) is 157 cm³/mol. The Bertz CT molecular complexity index is 1180. The monoisotopic (exact) mass is 538 g/mol. The van der Waals surface area contributed by atoms with Crippen LogP contribution < -0.4 is 4.74 Å². The molecule has 2 aliphatic heterocycles. The SMILES string of the molecule is CCCCO.CCOC1=NN2C(=NN(CC(=O)c3cc(C)c(OC)c(C(C)(C)C)c3)/C2=C\C2CC2)C(C)=C1C. The number of ether oxygens (including phenoxy) is 2. The molecule has 0 unspecified atom stereocenters. The molecule has 0 bridgehead atoms. The number of carbonyl (C=O) groups excluding carboxylic acids is 1. The Morgan fingerprint density at radius 3 is 2.33 bits per heavy atom. The maximum absolute atomic E-state index is 13.5. The first-order valence-corrected chi connectivity index (χ1v) is 14.1. The minimum absolute atomic E-state index is 0.00881. The summed E-state index contributed by atoms with van der Waals surface area (Å²) >= 11 is 0. The van der Waals surface area contributed by atoms with Crippen LogP contribution in [0.15, 0.2) is 45.4 Å². The quantitative estimate of drug-likeness (QED) is 0.400. The zero-order chi connectivity index (χ0) is 28.9. The fraction of sp³-hybridized carbons (Fsp3) is 0.581. The summed E-state index contributed by atoms with van der Waals surface area (Å²) in [5, 5.41) is 21.3. The molecule has 0 aromatic heterocycles. The number of aliphatic hydroxyl groups is 1. The van der Waals surface area contributed by atoms with Gasteiger partial charge < -0.3 is 14.6 Å². The van der Waals surface area contributed by atoms with E-state index in [1.54, 1.807) is 12.1 Å². The van der Waals surface area contributed by atoms with Gasteiger partial charge in [0.1, 0.15) is 18.1 Å². The minimum atomic E-state index is -0.151. The van der Waals surface area contributed by atoms with E-state index in [1.165, 1.54) is 0 Å². The Morgan fingerprint density at radius 2 is 1.82 bits per heavy atom. The van der Waals surface area contributed by atoms with Crippen LogP contribution in [0.4, 0.5) is 0 Å². The first kappa shape index (κ1) is 30.4. The van der Waals surface area contributed by atoms with Crippen molar-refractivity contribution in [2.24, 2.45) is 16.1 Å². The molecule has 214 valence electrons. The molecular formula is C31H46N4O4. The third-order valence-corrected chi connectivity index (χ3v) is 7.01. The summed E-state index contributed by atoms with van der Waals surface area (Å²) in [5.41, 5.74) is 4.47. The normalized spacial score (nSPS) is 17.9. The zero-order valence-electron chi connectivity index (χ0n) is 25.2. The van der Waals surface area contributed by atoms with Crippen LogP contribution in [-0.2, 0) is 10.2 Å². The summed E-state index contributed by atoms with van der Waals surface area (Å²) in [6, 6.07) is 3.88. The van der Waals surface area contributed by atoms with E-state index in [0.29, 0.717) is 30.6 Å². The van der Waals surface area contributed by atoms with Crippen LogP contribution in [0.3, 0.4) is 0 Å². The number of fused-ring (bicyclic) bond motifs is 1. The van der Waals surface area contributed by atoms with E-state index in [1.807, 2.05) is 44.8 Å². The lowest BCUT2D eigenvalue weighted by molar-refractivity contribution is 0.0946. The Labute approximate surface area is 234 Å². The third kappa shape index (κ3) is 7.10. The minimum Gasteiger partial charge on any atom is -0.496 e. The number of hydrogen-bond acceptors (Lipinski definition) is 8. The molecule has 39 heavy (non-hydrogen) atoms. The van der Waals surface area contributed by atoms with E-state index in [9.17, 15) is 4.79 Å². The Balaban J connectivity index is 0.000000771. The third-order valence-electron chi connectivity index (χ3n) is 7.01. The number of rotatable bonds is 8. The number of unbranched alkanes of at least 4 members (excludes halogenated alkanes) is 1. The molecule has 8 heteroatoms. The van der Waals surface area contributed by atoms with Gasteiger partial charge in [-0.15, -0.1) is 5.10 Å². The van der Waals surface area contributed by atoms with E-state index in [0.717, 1.165) is 65.4 Å². The summed E-state index contributed by atoms with van der Waals surface area (Å²) in [4.78, 5) is 13.5. The van der Waals surface area contributed by atoms with Crippen molar-refractivity contribution in [1.29, 1.82) is 0 Å². The molecule has 1 saturated carbocycles. The van der Waals surface area contributed by atoms with Crippen molar-refractivity contribution < 1.29 is 19.4 Å². The van der Waals surface area contributed by atoms with Gasteiger partial charge in [-0.2, -0.15) is 10.1 Å². The lowest BCUT2D eigenvalue weighted by Gasteiger charge is -2.26. The van der Waals surface area contributed by atoms with E-state index in [-0.39, 0.29) is 17.7 Å². The second kappa shape index (κ2) is 12.8. The maximum Gasteiger partial charge on any atom is 0.235 e. The molecule has 0 radical (unpaired) electrons. The van der Waals surface area contributed by atoms with Gasteiger partial charge in [-0.3, -0.25) is 4.79 Å². The first-order valence-electron chi connectivity index (χ1n) is 14.1. The summed E-state index contributed by atoms with van der Waals surface area (Å²) < 4.78 is 11.4. The van der Waals surface area contributed by atoms with Crippen molar-refractivity contribution in [3.63, 3.8) is 0 Å². The Hall–Kier alpha value is -3.13. The molecule has 0 saturated heterocycles. The topological polar surface area (TPSA) is 87.0 Å². The van der Waals surface area contributed by atoms with E-state index in [2.05, 4.69) is 33.8 Å². The van der Waals surface area contributed by atoms with Crippen molar-refractivity contribution in [2.75, 3.05) is 26.9 Å². The van der Waals surface area contributed by atoms with Gasteiger partial charge in [0, 0.05) is 28.9 Å². The Morgan fingerprint density at radius 1 is 1.13 bits per heavy atom. The molecule has 0 spiro atoms. The number of nitrogens with zero attached hydrogens (tertiary/aromatic N) is 4. The Kier molecular flexibility index (Phi) is 9.99. The molecule has 2 heterocycles. The molecule has 0 atom stereocenters. The highest BCUT2D eigenvalue weighted by molar-refractivity contribution is 6.11. The average Bonchev–Trinajstić information content (AvgIpc) is 3.64. The van der Waals surface area contributed by atoms with Crippen molar-refractivity contribution in [1.82, 2.24) is 10.0 Å². The average molecular weight is 539 g/mol. The van der Waals surface area contributed by atoms with Crippen LogP contribution >= 0.6 is 0 Å². The lowest BCUT2D eigenvalue weighted by atomic mass is 9.83. The molecule has 3 aliphatic rings. The summed E-state index contributed by atoms with van der Waals surface area (Å²) in [5.74, 6) is 3.53. The number of allylic oxidation sites excluding steroid dienone is 1. The molecule has 1 aromatic carbocycles. The van der Waals surface area contributed by atoms with Crippen LogP contribution in [0.1, 0.15) is 95.6 Å². The van der Waals surface area contributed by atoms with Gasteiger partial charge in [-0.1, -0.05) is 34.1 Å². The van der Waals surface area contributed by atoms with Crippen LogP contribution in [0, 0.1) is 12.8 Å². The van der Waals surface area contributed by atoms with Crippen LogP contribution in [0.25, 0.3) is 0 Å². The smallest absolute Gasteiger partial charge is 0.235 e. The summed E-state index contributed by atoms with van der Waals surface area (Å²) in [6.45, 7) is 17.4. The van der Waals surface area contributed by atoms with Gasteiger partial charge in [0.2, 0.25) is 5.90 Å². The standard InChI is InChI=1S/C27H36N4O3.C4H10O/c1-9-34-26-18(4)17(3)25-28-30(23(31(25)29-26)13-19-10-11-19)15-22(32)20-12-16(2)24(33-8)21(14-20)27(5,6)7;1-2-3-4-5/h12-14,19H,9-11,15H2,1-8H3;5H,2-4H2,1H3/b23-13+;. The predicted octanol–water partition coefficient (Wildman–Crippen LogP) is 6.15. The van der Waals surface area contributed by atoms with E-state index >= 15 is 0 Å². The number of ketones is 1. The van der Waals surface area contributed by atoms with E-state index < -0.39 is 0 Å². The number of Topliss-reactive ketones (excluding diaryl/α,β-unsaturated/α-hetero) is 1. The van der Waals surface area contributed by atoms with Gasteiger partial charge in [0.15, 0.2) is 11.6 Å². The van der Waals surface area contributed by atoms with Crippen molar-refractivity contribution in [3.05, 3.63) is 51.9 Å². The van der Waals surface area contributed by atoms with Crippen LogP contribution in [-0.4, -0.2) is 59.5 Å². The van der Waals surface area contributed by atoms with Gasteiger partial charge in [0.25, 0.3) is 0 Å². The van der Waals surface area contributed by atoms with Gasteiger partial charge in [0.05, 0.1) is 13.7 Å². The largest absolute Gasteiger partial charge is 0.496 e. The molecular weight excluding hydrogens is 492 g/mol. The summed E-state index contributed by atoms with van der Waals surface area (Å²) in [7, 11) is 1.68. The number of hydrazone groups is 2. The van der Waals surface area contributed by atoms with Gasteiger partial charge in [-0.25, -0.2) is 5.01 Å². The van der Waals surface area contributed by atoms with Crippen LogP contribution in [0.5, 0.6) is 5.75 Å². The van der Waals surface area contributed by atoms with Crippen LogP contribution in [0.2, 0.25) is 0 Å². The fourth-order valence-corrected chi connectivity index (χ4v) is 4.42. The van der Waals surface area contributed by atoms with Gasteiger partial charge in [-0.05, 0) is 82.1 Å². The second-order valence-electron chi connectivity index (χ2n) is 11.4. The fourth-order valence-electron chi connectivity index (χ4n) is 4.42. The molecule has 8 nitrogen and oxygen atoms in total. The number of benzene rings is 1. The zero-order valence-corrected chi connectivity index (χ0v) is 25.2. The molecule has 1 aliphatic carbocycles. The van der Waals surface area contributed by atoms with Gasteiger partial charge >= 0.3 is 0 Å². The summed E-state index contributed by atoms with van der Waals surface area (Å²) in [6.07, 6.45) is 6.52. The molecule has 0 amide bonds. The lowest BCUT2D eigenvalue weighted by Crippen LogP contribution is -2.32. The number of carbonyl (C=O) groups is 1. The number of methoxy groups -OCH3 is 1.